The summed E-state index contributed by atoms with van der Waals surface area (Å²) in [6.07, 6.45) is 52.6. The topological polar surface area (TPSA) is 66.4 Å². The maximum Gasteiger partial charge on any atom is 0.220 e. The summed E-state index contributed by atoms with van der Waals surface area (Å²) in [5.74, 6) is 0.603. The van der Waals surface area contributed by atoms with Crippen LogP contribution in [0.15, 0.2) is 0 Å². The van der Waals surface area contributed by atoms with Gasteiger partial charge in [-0.2, -0.15) is 0 Å². The number of carbonyl (C=O) groups is 2. The van der Waals surface area contributed by atoms with Crippen molar-refractivity contribution in [3.63, 3.8) is 0 Å². The van der Waals surface area contributed by atoms with Crippen molar-refractivity contribution in [2.45, 2.75) is 290 Å². The van der Waals surface area contributed by atoms with Gasteiger partial charge < -0.3 is 10.4 Å². The van der Waals surface area contributed by atoms with Gasteiger partial charge in [0.25, 0.3) is 0 Å². The second-order valence-electron chi connectivity index (χ2n) is 16.8. The third kappa shape index (κ3) is 43.5. The van der Waals surface area contributed by atoms with Crippen molar-refractivity contribution in [1.82, 2.24) is 5.32 Å². The van der Waals surface area contributed by atoms with E-state index < -0.39 is 6.10 Å². The van der Waals surface area contributed by atoms with Crippen LogP contribution in [0.4, 0.5) is 0 Å². The molecule has 0 saturated heterocycles. The van der Waals surface area contributed by atoms with Crippen molar-refractivity contribution in [1.29, 1.82) is 0 Å². The smallest absolute Gasteiger partial charge is 0.220 e. The minimum Gasteiger partial charge on any atom is -0.391 e. The molecule has 0 spiro atoms. The van der Waals surface area contributed by atoms with Crippen LogP contribution in [0.3, 0.4) is 0 Å². The highest BCUT2D eigenvalue weighted by molar-refractivity contribution is 5.78. The molecule has 1 atom stereocenters. The first kappa shape index (κ1) is 51.1. The first-order valence-electron chi connectivity index (χ1n) is 24.1. The maximum atomic E-state index is 12.2. The molecule has 4 heteroatoms. The van der Waals surface area contributed by atoms with Crippen LogP contribution in [0.1, 0.15) is 284 Å². The molecule has 0 aromatic rings. The monoisotopic (exact) mass is 734 g/mol. The second-order valence-corrected chi connectivity index (χ2v) is 16.8. The lowest BCUT2D eigenvalue weighted by atomic mass is 10.0. The number of unbranched alkanes of at least 4 members (excludes halogenated alkanes) is 35. The molecule has 0 rings (SSSR count). The molecule has 1 amide bonds. The number of amides is 1. The molecule has 0 aromatic heterocycles. The van der Waals surface area contributed by atoms with Gasteiger partial charge in [0.2, 0.25) is 5.91 Å². The number of carbonyl (C=O) groups excluding carboxylic acids is 2. The third-order valence-corrected chi connectivity index (χ3v) is 11.3. The Hall–Kier alpha value is -0.900. The van der Waals surface area contributed by atoms with E-state index in [1.807, 2.05) is 0 Å². The molecule has 0 aliphatic heterocycles. The Morgan fingerprint density at radius 1 is 0.365 bits per heavy atom. The summed E-state index contributed by atoms with van der Waals surface area (Å²) in [7, 11) is 0. The van der Waals surface area contributed by atoms with Crippen molar-refractivity contribution < 1.29 is 14.7 Å². The number of aliphatic hydroxyl groups is 1. The summed E-state index contributed by atoms with van der Waals surface area (Å²) in [5.41, 5.74) is 0. The minimum atomic E-state index is -0.397. The van der Waals surface area contributed by atoms with E-state index >= 15 is 0 Å². The lowest BCUT2D eigenvalue weighted by molar-refractivity contribution is -0.121. The van der Waals surface area contributed by atoms with Crippen LogP contribution in [0, 0.1) is 0 Å². The van der Waals surface area contributed by atoms with E-state index in [-0.39, 0.29) is 5.91 Å². The van der Waals surface area contributed by atoms with E-state index in [2.05, 4.69) is 19.2 Å². The van der Waals surface area contributed by atoms with Crippen LogP contribution >= 0.6 is 0 Å². The molecule has 2 N–H and O–H groups in total. The lowest BCUT2D eigenvalue weighted by Gasteiger charge is -2.12. The highest BCUT2D eigenvalue weighted by Gasteiger charge is 2.07. The largest absolute Gasteiger partial charge is 0.391 e. The average Bonchev–Trinajstić information content (AvgIpc) is 3.14. The molecule has 52 heavy (non-hydrogen) atoms. The normalized spacial score (nSPS) is 12.1. The zero-order valence-corrected chi connectivity index (χ0v) is 35.7. The van der Waals surface area contributed by atoms with Crippen LogP contribution in [0.2, 0.25) is 0 Å². The molecule has 0 heterocycles. The Morgan fingerprint density at radius 2 is 0.615 bits per heavy atom. The van der Waals surface area contributed by atoms with Gasteiger partial charge in [0.15, 0.2) is 0 Å². The SMILES string of the molecule is CCCCCCCCCCCCCCCC[C@H](O)CNC(=O)CCCCCCCCCCCCCCCC(=O)CCCCCCCCCCCCC. The van der Waals surface area contributed by atoms with Crippen LogP contribution in [0.5, 0.6) is 0 Å². The van der Waals surface area contributed by atoms with E-state index in [0.29, 0.717) is 18.7 Å². The average molecular weight is 734 g/mol. The van der Waals surface area contributed by atoms with Crippen LogP contribution in [-0.4, -0.2) is 29.4 Å². The van der Waals surface area contributed by atoms with E-state index in [9.17, 15) is 14.7 Å². The van der Waals surface area contributed by atoms with E-state index in [4.69, 9.17) is 0 Å². The van der Waals surface area contributed by atoms with Gasteiger partial charge in [-0.3, -0.25) is 9.59 Å². The van der Waals surface area contributed by atoms with Gasteiger partial charge in [-0.25, -0.2) is 0 Å². The Balaban J connectivity index is 3.29. The molecule has 0 saturated carbocycles. The van der Waals surface area contributed by atoms with E-state index in [0.717, 1.165) is 51.4 Å². The van der Waals surface area contributed by atoms with Gasteiger partial charge >= 0.3 is 0 Å². The van der Waals surface area contributed by atoms with E-state index in [1.54, 1.807) is 0 Å². The fourth-order valence-corrected chi connectivity index (χ4v) is 7.66. The fraction of sp³-hybridized carbons (Fsp3) is 0.958. The highest BCUT2D eigenvalue weighted by atomic mass is 16.3. The summed E-state index contributed by atoms with van der Waals surface area (Å²) >= 11 is 0. The number of rotatable bonds is 45. The van der Waals surface area contributed by atoms with Gasteiger partial charge in [-0.1, -0.05) is 239 Å². The summed E-state index contributed by atoms with van der Waals surface area (Å²) in [5, 5.41) is 13.2. The maximum absolute atomic E-state index is 12.2. The van der Waals surface area contributed by atoms with Gasteiger partial charge in [0.05, 0.1) is 6.10 Å². The van der Waals surface area contributed by atoms with Crippen molar-refractivity contribution in [2.75, 3.05) is 6.54 Å². The number of ketones is 1. The predicted octanol–water partition coefficient (Wildman–Crippen LogP) is 15.5. The summed E-state index contributed by atoms with van der Waals surface area (Å²) in [6.45, 7) is 4.97. The quantitative estimate of drug-likeness (QED) is 0.0612. The number of hydrogen-bond donors (Lipinski definition) is 2. The third-order valence-electron chi connectivity index (χ3n) is 11.3. The van der Waals surface area contributed by atoms with Gasteiger partial charge in [-0.15, -0.1) is 0 Å². The zero-order chi connectivity index (χ0) is 37.8. The molecular weight excluding hydrogens is 639 g/mol. The first-order valence-corrected chi connectivity index (χ1v) is 24.1. The van der Waals surface area contributed by atoms with Crippen molar-refractivity contribution >= 4 is 11.7 Å². The summed E-state index contributed by atoms with van der Waals surface area (Å²) in [4.78, 5) is 24.3. The van der Waals surface area contributed by atoms with Gasteiger partial charge in [0, 0.05) is 25.8 Å². The highest BCUT2D eigenvalue weighted by Crippen LogP contribution is 2.17. The summed E-state index contributed by atoms with van der Waals surface area (Å²) < 4.78 is 0. The Morgan fingerprint density at radius 3 is 0.923 bits per heavy atom. The number of nitrogens with one attached hydrogen (secondary N) is 1. The molecular formula is C48H95NO3. The first-order chi connectivity index (χ1) is 25.6. The van der Waals surface area contributed by atoms with Crippen LogP contribution in [0.25, 0.3) is 0 Å². The molecule has 0 radical (unpaired) electrons. The molecule has 0 aromatic carbocycles. The van der Waals surface area contributed by atoms with Crippen LogP contribution < -0.4 is 5.32 Å². The number of hydrogen-bond acceptors (Lipinski definition) is 3. The molecule has 0 unspecified atom stereocenters. The molecule has 310 valence electrons. The second kappa shape index (κ2) is 44.5. The van der Waals surface area contributed by atoms with Crippen LogP contribution in [-0.2, 0) is 9.59 Å². The van der Waals surface area contributed by atoms with E-state index in [1.165, 1.54) is 212 Å². The van der Waals surface area contributed by atoms with Crippen molar-refractivity contribution in [3.8, 4) is 0 Å². The van der Waals surface area contributed by atoms with Crippen molar-refractivity contribution in [2.24, 2.45) is 0 Å². The number of Topliss-reactive ketones (excluding diaryl/α,β-unsaturated/α-hetero) is 1. The van der Waals surface area contributed by atoms with Crippen molar-refractivity contribution in [3.05, 3.63) is 0 Å². The fourth-order valence-electron chi connectivity index (χ4n) is 7.66. The Bertz CT molecular complexity index is 710. The van der Waals surface area contributed by atoms with Gasteiger partial charge in [-0.05, 0) is 25.7 Å². The molecule has 4 nitrogen and oxygen atoms in total. The Kier molecular flexibility index (Phi) is 43.7. The molecule has 0 aliphatic carbocycles. The Labute approximate surface area is 327 Å². The molecule has 0 bridgehead atoms. The minimum absolute atomic E-state index is 0.103. The molecule has 0 fully saturated rings. The predicted molar refractivity (Wildman–Crippen MR) is 229 cm³/mol. The standard InChI is InChI=1S/C48H95NO3/c1-3-5-7-9-11-13-15-16-18-23-27-31-35-39-43-47(51)45-49-48(52)44-40-36-32-28-24-20-17-19-22-26-30-34-38-42-46(50)41-37-33-29-25-21-14-12-10-8-6-4-2/h47,51H,3-45H2,1-2H3,(H,49,52)/t47-/m0/s1. The molecule has 0 aliphatic rings. The lowest BCUT2D eigenvalue weighted by Crippen LogP contribution is -2.31. The van der Waals surface area contributed by atoms with Gasteiger partial charge in [0.1, 0.15) is 5.78 Å². The summed E-state index contributed by atoms with van der Waals surface area (Å²) in [6, 6.07) is 0. The number of aliphatic hydroxyl groups excluding tert-OH is 1. The zero-order valence-electron chi connectivity index (χ0n) is 35.7.